The second kappa shape index (κ2) is 8.68. The maximum Gasteiger partial charge on any atom is 0.262 e. The number of furan rings is 1. The van der Waals surface area contributed by atoms with Crippen LogP contribution in [0.15, 0.2) is 85.7 Å². The molecule has 0 unspecified atom stereocenters. The summed E-state index contributed by atoms with van der Waals surface area (Å²) in [6.07, 6.45) is 1.60. The monoisotopic (exact) mass is 463 g/mol. The summed E-state index contributed by atoms with van der Waals surface area (Å²) in [6.45, 7) is 2.18. The van der Waals surface area contributed by atoms with Gasteiger partial charge in [-0.25, -0.2) is 9.97 Å². The molecule has 0 aliphatic carbocycles. The highest BCUT2D eigenvalue weighted by molar-refractivity contribution is 7.98. The first-order valence-corrected chi connectivity index (χ1v) is 11.3. The van der Waals surface area contributed by atoms with Gasteiger partial charge in [-0.2, -0.15) is 0 Å². The molecule has 5 rings (SSSR count). The van der Waals surface area contributed by atoms with Crippen molar-refractivity contribution in [3.05, 3.63) is 99.5 Å². The number of benzene rings is 2. The Balaban J connectivity index is 1.48. The van der Waals surface area contributed by atoms with Crippen molar-refractivity contribution in [2.24, 2.45) is 0 Å². The molecule has 0 aliphatic rings. The number of hydrogen-bond donors (Lipinski definition) is 0. The Kier molecular flexibility index (Phi) is 5.59. The molecule has 0 saturated carbocycles. The summed E-state index contributed by atoms with van der Waals surface area (Å²) in [4.78, 5) is 22.6. The molecule has 3 aromatic heterocycles. The van der Waals surface area contributed by atoms with Crippen LogP contribution in [0.25, 0.3) is 22.4 Å². The van der Waals surface area contributed by atoms with Crippen molar-refractivity contribution in [1.82, 2.24) is 14.5 Å². The quantitative estimate of drug-likeness (QED) is 0.229. The summed E-state index contributed by atoms with van der Waals surface area (Å²) in [5.41, 5.74) is 2.16. The molecule has 0 spiro atoms. The lowest BCUT2D eigenvalue weighted by Crippen LogP contribution is -2.23. The smallest absolute Gasteiger partial charge is 0.262 e. The largest absolute Gasteiger partial charge is 0.467 e. The topological polar surface area (TPSA) is 74.1 Å². The number of thioether (sulfide) groups is 1. The predicted octanol–water partition coefficient (Wildman–Crippen LogP) is 5.95. The van der Waals surface area contributed by atoms with Crippen molar-refractivity contribution in [3.63, 3.8) is 0 Å². The number of oxazole rings is 1. The van der Waals surface area contributed by atoms with Gasteiger partial charge in [-0.3, -0.25) is 9.36 Å². The van der Waals surface area contributed by atoms with Crippen LogP contribution in [0.3, 0.4) is 0 Å². The third-order valence-corrected chi connectivity index (χ3v) is 6.25. The Morgan fingerprint density at radius 2 is 1.94 bits per heavy atom. The van der Waals surface area contributed by atoms with Crippen LogP contribution in [0.5, 0.6) is 0 Å². The maximum absolute atomic E-state index is 13.2. The Bertz CT molecular complexity index is 1460. The van der Waals surface area contributed by atoms with Crippen LogP contribution in [0, 0.1) is 6.92 Å². The second-order valence-electron chi connectivity index (χ2n) is 7.20. The van der Waals surface area contributed by atoms with Gasteiger partial charge in [0.05, 0.1) is 29.4 Å². The molecule has 160 valence electrons. The fourth-order valence-corrected chi connectivity index (χ4v) is 4.59. The summed E-state index contributed by atoms with van der Waals surface area (Å²) in [5, 5.41) is 1.79. The summed E-state index contributed by atoms with van der Waals surface area (Å²) in [6, 6.07) is 18.4. The molecule has 0 radical (unpaired) electrons. The zero-order valence-electron chi connectivity index (χ0n) is 17.1. The summed E-state index contributed by atoms with van der Waals surface area (Å²) in [7, 11) is 0. The molecule has 0 aliphatic heterocycles. The molecule has 0 bridgehead atoms. The minimum atomic E-state index is -0.106. The number of hydrogen-bond acceptors (Lipinski definition) is 6. The van der Waals surface area contributed by atoms with Crippen molar-refractivity contribution in [2.45, 2.75) is 24.4 Å². The van der Waals surface area contributed by atoms with Crippen molar-refractivity contribution in [3.8, 4) is 11.5 Å². The zero-order valence-corrected chi connectivity index (χ0v) is 18.7. The van der Waals surface area contributed by atoms with Crippen LogP contribution in [-0.4, -0.2) is 14.5 Å². The highest BCUT2D eigenvalue weighted by Gasteiger charge is 2.16. The molecule has 0 fully saturated rings. The first-order valence-electron chi connectivity index (χ1n) is 9.95. The average molecular weight is 464 g/mol. The van der Waals surface area contributed by atoms with Gasteiger partial charge >= 0.3 is 0 Å². The molecule has 0 atom stereocenters. The number of aryl methyl sites for hydroxylation is 1. The minimum Gasteiger partial charge on any atom is -0.467 e. The molecule has 0 saturated heterocycles. The standard InChI is InChI=1S/C24H18ClN3O3S/c1-15-21(26-22(31-15)16-6-4-7-17(25)12-16)14-32-24-27-20-10-3-2-9-19(20)23(29)28(24)13-18-8-5-11-30-18/h2-12H,13-14H2,1H3. The van der Waals surface area contributed by atoms with E-state index in [9.17, 15) is 4.79 Å². The predicted molar refractivity (Wildman–Crippen MR) is 125 cm³/mol. The Hall–Kier alpha value is -3.29. The minimum absolute atomic E-state index is 0.106. The normalized spacial score (nSPS) is 11.3. The average Bonchev–Trinajstić information content (AvgIpc) is 3.44. The molecule has 3 heterocycles. The van der Waals surface area contributed by atoms with Crippen LogP contribution in [0.2, 0.25) is 5.02 Å². The van der Waals surface area contributed by atoms with Gasteiger partial charge in [-0.05, 0) is 49.4 Å². The van der Waals surface area contributed by atoms with Gasteiger partial charge < -0.3 is 8.83 Å². The SMILES string of the molecule is Cc1oc(-c2cccc(Cl)c2)nc1CSc1nc2ccccc2c(=O)n1Cc1ccco1. The van der Waals surface area contributed by atoms with Gasteiger partial charge in [0.15, 0.2) is 5.16 Å². The fourth-order valence-electron chi connectivity index (χ4n) is 3.40. The van der Waals surface area contributed by atoms with Gasteiger partial charge in [0.1, 0.15) is 11.5 Å². The Morgan fingerprint density at radius 3 is 2.75 bits per heavy atom. The first kappa shape index (κ1) is 20.6. The van der Waals surface area contributed by atoms with E-state index in [1.807, 2.05) is 49.4 Å². The van der Waals surface area contributed by atoms with Gasteiger partial charge in [-0.15, -0.1) is 0 Å². The van der Waals surface area contributed by atoms with Crippen molar-refractivity contribution < 1.29 is 8.83 Å². The van der Waals surface area contributed by atoms with Gasteiger partial charge in [0.2, 0.25) is 5.89 Å². The zero-order chi connectivity index (χ0) is 22.1. The van der Waals surface area contributed by atoms with Crippen molar-refractivity contribution >= 4 is 34.3 Å². The van der Waals surface area contributed by atoms with Crippen molar-refractivity contribution in [2.75, 3.05) is 0 Å². The number of halogens is 1. The van der Waals surface area contributed by atoms with E-state index in [1.165, 1.54) is 11.8 Å². The van der Waals surface area contributed by atoms with E-state index in [2.05, 4.69) is 4.98 Å². The third kappa shape index (κ3) is 4.09. The van der Waals surface area contributed by atoms with Crippen LogP contribution in [-0.2, 0) is 12.3 Å². The Morgan fingerprint density at radius 1 is 1.06 bits per heavy atom. The second-order valence-corrected chi connectivity index (χ2v) is 8.58. The third-order valence-electron chi connectivity index (χ3n) is 5.02. The lowest BCUT2D eigenvalue weighted by Gasteiger charge is -2.11. The molecule has 32 heavy (non-hydrogen) atoms. The van der Waals surface area contributed by atoms with Crippen LogP contribution in [0.4, 0.5) is 0 Å². The molecule has 6 nitrogen and oxygen atoms in total. The Labute approximate surface area is 192 Å². The van der Waals surface area contributed by atoms with E-state index in [4.69, 9.17) is 25.4 Å². The van der Waals surface area contributed by atoms with Crippen LogP contribution in [0.1, 0.15) is 17.2 Å². The summed E-state index contributed by atoms with van der Waals surface area (Å²) in [5.74, 6) is 2.42. The number of aromatic nitrogens is 3. The van der Waals surface area contributed by atoms with E-state index in [-0.39, 0.29) is 5.56 Å². The van der Waals surface area contributed by atoms with E-state index in [0.29, 0.717) is 50.8 Å². The molecule has 0 N–H and O–H groups in total. The molecule has 0 amide bonds. The molecular formula is C24H18ClN3O3S. The number of rotatable bonds is 6. The van der Waals surface area contributed by atoms with E-state index in [0.717, 1.165) is 11.3 Å². The van der Waals surface area contributed by atoms with E-state index in [1.54, 1.807) is 29.0 Å². The highest BCUT2D eigenvalue weighted by atomic mass is 35.5. The number of fused-ring (bicyclic) bond motifs is 1. The first-order chi connectivity index (χ1) is 15.6. The molecule has 8 heteroatoms. The fraction of sp³-hybridized carbons (Fsp3) is 0.125. The molecule has 2 aromatic carbocycles. The van der Waals surface area contributed by atoms with Gasteiger partial charge in [0.25, 0.3) is 5.56 Å². The summed E-state index contributed by atoms with van der Waals surface area (Å²) >= 11 is 7.54. The summed E-state index contributed by atoms with van der Waals surface area (Å²) < 4.78 is 13.0. The molecular weight excluding hydrogens is 446 g/mol. The maximum atomic E-state index is 13.2. The van der Waals surface area contributed by atoms with Crippen LogP contribution < -0.4 is 5.56 Å². The van der Waals surface area contributed by atoms with E-state index < -0.39 is 0 Å². The lowest BCUT2D eigenvalue weighted by molar-refractivity contribution is 0.476. The van der Waals surface area contributed by atoms with Gasteiger partial charge in [0, 0.05) is 16.3 Å². The number of para-hydroxylation sites is 1. The van der Waals surface area contributed by atoms with Crippen molar-refractivity contribution in [1.29, 1.82) is 0 Å². The molecule has 5 aromatic rings. The van der Waals surface area contributed by atoms with E-state index >= 15 is 0 Å². The number of nitrogens with zero attached hydrogens (tertiary/aromatic N) is 3. The van der Waals surface area contributed by atoms with Crippen LogP contribution >= 0.6 is 23.4 Å². The lowest BCUT2D eigenvalue weighted by atomic mass is 10.2. The van der Waals surface area contributed by atoms with Gasteiger partial charge in [-0.1, -0.05) is 41.6 Å². The highest BCUT2D eigenvalue weighted by Crippen LogP contribution is 2.28.